The Hall–Kier alpha value is -1.82. The number of hydrogen-bond acceptors (Lipinski definition) is 5. The number of nitrogens with zero attached hydrogens (tertiary/aromatic N) is 3. The molecule has 6 heteroatoms. The van der Waals surface area contributed by atoms with Crippen LogP contribution in [0, 0.1) is 0 Å². The van der Waals surface area contributed by atoms with Gasteiger partial charge in [0, 0.05) is 18.5 Å². The number of piperidine rings is 1. The number of fused-ring (bicyclic) bond motifs is 1. The maximum absolute atomic E-state index is 12.4. The van der Waals surface area contributed by atoms with E-state index in [1.807, 2.05) is 36.1 Å². The molecule has 1 fully saturated rings. The van der Waals surface area contributed by atoms with Crippen LogP contribution in [0.1, 0.15) is 32.0 Å². The minimum atomic E-state index is -0.0793. The van der Waals surface area contributed by atoms with Gasteiger partial charge in [0.25, 0.3) is 0 Å². The van der Waals surface area contributed by atoms with Gasteiger partial charge in [0.05, 0.1) is 16.5 Å². The molecule has 5 nitrogen and oxygen atoms in total. The zero-order chi connectivity index (χ0) is 16.2. The molecule has 23 heavy (non-hydrogen) atoms. The van der Waals surface area contributed by atoms with Crippen LogP contribution in [0.4, 0.5) is 5.82 Å². The summed E-state index contributed by atoms with van der Waals surface area (Å²) in [5.74, 6) is 2.00. The van der Waals surface area contributed by atoms with Gasteiger partial charge in [0.2, 0.25) is 5.91 Å². The summed E-state index contributed by atoms with van der Waals surface area (Å²) in [5, 5.41) is 0.795. The number of benzene rings is 1. The van der Waals surface area contributed by atoms with Crippen molar-refractivity contribution >= 4 is 34.4 Å². The van der Waals surface area contributed by atoms with E-state index in [0.29, 0.717) is 17.4 Å². The number of carbonyl (C=O) groups is 1. The summed E-state index contributed by atoms with van der Waals surface area (Å²) in [5.41, 5.74) is 6.86. The van der Waals surface area contributed by atoms with Gasteiger partial charge in [-0.1, -0.05) is 12.1 Å². The van der Waals surface area contributed by atoms with Crippen molar-refractivity contribution in [3.8, 4) is 0 Å². The Kier molecular flexibility index (Phi) is 5.00. The van der Waals surface area contributed by atoms with Crippen molar-refractivity contribution in [3.05, 3.63) is 30.1 Å². The lowest BCUT2D eigenvalue weighted by atomic mass is 10.1. The van der Waals surface area contributed by atoms with Crippen LogP contribution in [-0.4, -0.2) is 39.1 Å². The van der Waals surface area contributed by atoms with Crippen LogP contribution >= 0.6 is 11.8 Å². The first kappa shape index (κ1) is 16.1. The van der Waals surface area contributed by atoms with Crippen molar-refractivity contribution in [3.63, 3.8) is 0 Å². The Morgan fingerprint density at radius 1 is 1.26 bits per heavy atom. The molecule has 122 valence electrons. The average Bonchev–Trinajstić information content (AvgIpc) is 2.60. The molecule has 0 spiro atoms. The van der Waals surface area contributed by atoms with Gasteiger partial charge in [-0.2, -0.15) is 0 Å². The predicted octanol–water partition coefficient (Wildman–Crippen LogP) is 2.85. The fourth-order valence-corrected chi connectivity index (χ4v) is 3.68. The van der Waals surface area contributed by atoms with E-state index in [9.17, 15) is 4.79 Å². The molecule has 1 amide bonds. The van der Waals surface area contributed by atoms with Gasteiger partial charge in [-0.05, 0) is 38.3 Å². The number of nitrogen functional groups attached to an aromatic ring is 1. The van der Waals surface area contributed by atoms with E-state index < -0.39 is 0 Å². The minimum Gasteiger partial charge on any atom is -0.383 e. The zero-order valence-electron chi connectivity index (χ0n) is 13.4. The molecule has 0 unspecified atom stereocenters. The third-order valence-electron chi connectivity index (χ3n) is 4.16. The van der Waals surface area contributed by atoms with E-state index in [2.05, 4.69) is 9.97 Å². The van der Waals surface area contributed by atoms with Crippen LogP contribution in [0.3, 0.4) is 0 Å². The molecule has 3 rings (SSSR count). The molecule has 2 N–H and O–H groups in total. The summed E-state index contributed by atoms with van der Waals surface area (Å²) in [6.07, 6.45) is 3.47. The predicted molar refractivity (Wildman–Crippen MR) is 95.1 cm³/mol. The summed E-state index contributed by atoms with van der Waals surface area (Å²) < 4.78 is 0. The number of carbonyl (C=O) groups excluding carboxylic acids is 1. The first-order valence-corrected chi connectivity index (χ1v) is 9.11. The molecule has 2 heterocycles. The largest absolute Gasteiger partial charge is 0.383 e. The van der Waals surface area contributed by atoms with Crippen LogP contribution in [0.25, 0.3) is 10.9 Å². The smallest absolute Gasteiger partial charge is 0.235 e. The third kappa shape index (κ3) is 3.75. The highest BCUT2D eigenvalue weighted by molar-refractivity contribution is 7.99. The van der Waals surface area contributed by atoms with Gasteiger partial charge in [-0.25, -0.2) is 9.97 Å². The number of amides is 1. The topological polar surface area (TPSA) is 72.1 Å². The maximum Gasteiger partial charge on any atom is 0.235 e. The first-order chi connectivity index (χ1) is 11.1. The van der Waals surface area contributed by atoms with Crippen molar-refractivity contribution in [2.75, 3.05) is 18.8 Å². The molecular weight excluding hydrogens is 308 g/mol. The molecule has 1 aliphatic rings. The summed E-state index contributed by atoms with van der Waals surface area (Å²) in [6.45, 7) is 3.75. The van der Waals surface area contributed by atoms with Gasteiger partial charge in [-0.15, -0.1) is 11.8 Å². The highest BCUT2D eigenvalue weighted by Crippen LogP contribution is 2.23. The number of para-hydroxylation sites is 1. The second-order valence-corrected chi connectivity index (χ2v) is 7.21. The Bertz CT molecular complexity index is 700. The molecule has 0 radical (unpaired) electrons. The van der Waals surface area contributed by atoms with E-state index >= 15 is 0 Å². The normalized spacial score (nSPS) is 16.5. The first-order valence-electron chi connectivity index (χ1n) is 8.06. The van der Waals surface area contributed by atoms with E-state index in [1.54, 1.807) is 11.8 Å². The van der Waals surface area contributed by atoms with Crippen molar-refractivity contribution in [2.45, 2.75) is 37.2 Å². The average molecular weight is 330 g/mol. The van der Waals surface area contributed by atoms with Gasteiger partial charge in [-0.3, -0.25) is 4.79 Å². The lowest BCUT2D eigenvalue weighted by molar-refractivity contribution is -0.131. The van der Waals surface area contributed by atoms with Crippen LogP contribution in [-0.2, 0) is 10.5 Å². The van der Waals surface area contributed by atoms with Gasteiger partial charge >= 0.3 is 0 Å². The Labute approximate surface area is 140 Å². The quantitative estimate of drug-likeness (QED) is 0.933. The number of thioether (sulfide) groups is 1. The fraction of sp³-hybridized carbons (Fsp3) is 0.471. The molecule has 0 saturated carbocycles. The van der Waals surface area contributed by atoms with Gasteiger partial charge < -0.3 is 10.6 Å². The van der Waals surface area contributed by atoms with Crippen LogP contribution in [0.2, 0.25) is 0 Å². The highest BCUT2D eigenvalue weighted by Gasteiger charge is 2.22. The van der Waals surface area contributed by atoms with E-state index in [1.165, 1.54) is 6.42 Å². The highest BCUT2D eigenvalue weighted by atomic mass is 32.2. The molecule has 1 aromatic heterocycles. The van der Waals surface area contributed by atoms with Crippen molar-refractivity contribution in [1.82, 2.24) is 14.9 Å². The second kappa shape index (κ2) is 7.17. The number of hydrogen-bond donors (Lipinski definition) is 1. The molecule has 1 aromatic carbocycles. The second-order valence-electron chi connectivity index (χ2n) is 5.88. The van der Waals surface area contributed by atoms with Crippen molar-refractivity contribution in [1.29, 1.82) is 0 Å². The number of aromatic nitrogens is 2. The molecule has 1 atom stereocenters. The van der Waals surface area contributed by atoms with Crippen molar-refractivity contribution < 1.29 is 4.79 Å². The monoisotopic (exact) mass is 330 g/mol. The van der Waals surface area contributed by atoms with Crippen LogP contribution in [0.15, 0.2) is 24.3 Å². The summed E-state index contributed by atoms with van der Waals surface area (Å²) in [7, 11) is 0. The van der Waals surface area contributed by atoms with Crippen molar-refractivity contribution in [2.24, 2.45) is 0 Å². The lowest BCUT2D eigenvalue weighted by Crippen LogP contribution is -2.40. The number of anilines is 1. The molecule has 0 bridgehead atoms. The zero-order valence-corrected chi connectivity index (χ0v) is 14.2. The molecule has 1 saturated heterocycles. The Balaban J connectivity index is 1.64. The summed E-state index contributed by atoms with van der Waals surface area (Å²) in [4.78, 5) is 23.3. The third-order valence-corrected chi connectivity index (χ3v) is 5.28. The minimum absolute atomic E-state index is 0.0793. The van der Waals surface area contributed by atoms with Gasteiger partial charge in [0.15, 0.2) is 0 Å². The van der Waals surface area contributed by atoms with Crippen LogP contribution < -0.4 is 5.73 Å². The van der Waals surface area contributed by atoms with Crippen LogP contribution in [0.5, 0.6) is 0 Å². The molecular formula is C17H22N4OS. The van der Waals surface area contributed by atoms with Gasteiger partial charge in [0.1, 0.15) is 11.6 Å². The molecule has 2 aromatic rings. The summed E-state index contributed by atoms with van der Waals surface area (Å²) in [6, 6.07) is 7.72. The van der Waals surface area contributed by atoms with E-state index in [4.69, 9.17) is 5.73 Å². The lowest BCUT2D eigenvalue weighted by Gasteiger charge is -2.29. The molecule has 0 aliphatic carbocycles. The Morgan fingerprint density at radius 2 is 2.00 bits per heavy atom. The summed E-state index contributed by atoms with van der Waals surface area (Å²) >= 11 is 1.58. The van der Waals surface area contributed by atoms with E-state index in [-0.39, 0.29) is 11.2 Å². The number of nitrogens with two attached hydrogens (primary N) is 1. The Morgan fingerprint density at radius 3 is 2.78 bits per heavy atom. The standard InChI is InChI=1S/C17H22N4OS/c1-12(17(22)21-9-5-2-6-10-21)23-11-15-19-14-8-4-3-7-13(14)16(18)20-15/h3-4,7-8,12H,2,5-6,9-11H2,1H3,(H2,18,19,20)/t12-/m0/s1. The fourth-order valence-electron chi connectivity index (χ4n) is 2.86. The van der Waals surface area contributed by atoms with E-state index in [0.717, 1.165) is 36.8 Å². The maximum atomic E-state index is 12.4. The number of likely N-dealkylation sites (tertiary alicyclic amines) is 1. The number of rotatable bonds is 4. The molecule has 1 aliphatic heterocycles. The SMILES string of the molecule is C[C@H](SCc1nc(N)c2ccccc2n1)C(=O)N1CCCCC1.